The molecule has 0 aliphatic heterocycles. The first-order valence-corrected chi connectivity index (χ1v) is 9.70. The lowest BCUT2D eigenvalue weighted by molar-refractivity contribution is 0.213. The number of sulfone groups is 1. The molecule has 1 rings (SSSR count). The van der Waals surface area contributed by atoms with Gasteiger partial charge in [-0.2, -0.15) is 0 Å². The van der Waals surface area contributed by atoms with Crippen molar-refractivity contribution in [1.82, 2.24) is 5.32 Å². The Bertz CT molecular complexity index is 338. The van der Waals surface area contributed by atoms with Gasteiger partial charge in [-0.05, 0) is 37.6 Å². The second kappa shape index (κ2) is 8.25. The lowest BCUT2D eigenvalue weighted by atomic mass is 9.77. The van der Waals surface area contributed by atoms with E-state index in [1.54, 1.807) is 6.92 Å². The van der Waals surface area contributed by atoms with Gasteiger partial charge in [0.1, 0.15) is 9.84 Å². The zero-order valence-corrected chi connectivity index (χ0v) is 13.6. The molecule has 0 heterocycles. The van der Waals surface area contributed by atoms with Crippen LogP contribution in [0.4, 0.5) is 0 Å². The Balaban J connectivity index is 2.35. The van der Waals surface area contributed by atoms with Crippen LogP contribution in [0.2, 0.25) is 0 Å². The molecule has 1 saturated carbocycles. The fourth-order valence-electron chi connectivity index (χ4n) is 3.03. The van der Waals surface area contributed by atoms with E-state index in [0.29, 0.717) is 11.8 Å². The van der Waals surface area contributed by atoms with Crippen molar-refractivity contribution >= 4 is 9.84 Å². The van der Waals surface area contributed by atoms with Crippen LogP contribution in [0.3, 0.4) is 0 Å². The fourth-order valence-corrected chi connectivity index (χ4v) is 3.93. The van der Waals surface area contributed by atoms with E-state index in [1.165, 1.54) is 25.7 Å². The highest BCUT2D eigenvalue weighted by Gasteiger charge is 2.25. The van der Waals surface area contributed by atoms with Gasteiger partial charge in [-0.3, -0.25) is 0 Å². The molecule has 0 aromatic heterocycles. The minimum Gasteiger partial charge on any atom is -0.314 e. The molecule has 0 saturated heterocycles. The zero-order valence-electron chi connectivity index (χ0n) is 12.8. The summed E-state index contributed by atoms with van der Waals surface area (Å²) in [6.45, 7) is 7.21. The van der Waals surface area contributed by atoms with Gasteiger partial charge in [0.25, 0.3) is 0 Å². The summed E-state index contributed by atoms with van der Waals surface area (Å²) in [6.07, 6.45) is 7.20. The van der Waals surface area contributed by atoms with Crippen molar-refractivity contribution in [2.75, 3.05) is 18.1 Å². The smallest absolute Gasteiger partial charge is 0.150 e. The highest BCUT2D eigenvalue weighted by atomic mass is 32.2. The lowest BCUT2D eigenvalue weighted by Crippen LogP contribution is -2.34. The molecule has 0 spiro atoms. The highest BCUT2D eigenvalue weighted by molar-refractivity contribution is 7.91. The molecule has 3 nitrogen and oxygen atoms in total. The molecule has 4 heteroatoms. The van der Waals surface area contributed by atoms with Crippen molar-refractivity contribution in [3.63, 3.8) is 0 Å². The first-order valence-electron chi connectivity index (χ1n) is 7.88. The van der Waals surface area contributed by atoms with Gasteiger partial charge in [0, 0.05) is 11.8 Å². The van der Waals surface area contributed by atoms with Crippen molar-refractivity contribution in [2.24, 2.45) is 11.8 Å². The summed E-state index contributed by atoms with van der Waals surface area (Å²) in [5.74, 6) is 2.15. The monoisotopic (exact) mass is 289 g/mol. The Hall–Kier alpha value is -0.0900. The third-order valence-electron chi connectivity index (χ3n) is 4.32. The number of rotatable bonds is 8. The van der Waals surface area contributed by atoms with E-state index in [0.717, 1.165) is 31.2 Å². The van der Waals surface area contributed by atoms with Gasteiger partial charge in [0.05, 0.1) is 5.75 Å². The minimum atomic E-state index is -2.78. The van der Waals surface area contributed by atoms with Crippen LogP contribution < -0.4 is 5.32 Å². The van der Waals surface area contributed by atoms with E-state index in [2.05, 4.69) is 19.2 Å². The van der Waals surface area contributed by atoms with Crippen LogP contribution in [-0.4, -0.2) is 32.5 Å². The number of nitrogens with one attached hydrogen (secondary N) is 1. The number of hydrogen-bond donors (Lipinski definition) is 1. The fraction of sp³-hybridized carbons (Fsp3) is 1.00. The molecule has 1 aliphatic carbocycles. The summed E-state index contributed by atoms with van der Waals surface area (Å²) in [5.41, 5.74) is 0. The van der Waals surface area contributed by atoms with Crippen LogP contribution in [0.1, 0.15) is 59.3 Å². The van der Waals surface area contributed by atoms with Gasteiger partial charge in [-0.1, -0.05) is 40.0 Å². The molecule has 1 N–H and O–H groups in total. The molecule has 114 valence electrons. The zero-order chi connectivity index (χ0) is 14.3. The molecule has 19 heavy (non-hydrogen) atoms. The predicted octanol–water partition coefficient (Wildman–Crippen LogP) is 3.01. The molecule has 0 radical (unpaired) electrons. The molecule has 2 unspecified atom stereocenters. The van der Waals surface area contributed by atoms with E-state index in [-0.39, 0.29) is 5.75 Å². The SMILES string of the molecule is CCS(=O)(=O)CCCC1CCCCC1CNC(C)C. The van der Waals surface area contributed by atoms with Gasteiger partial charge in [0.15, 0.2) is 0 Å². The molecule has 0 aromatic rings. The lowest BCUT2D eigenvalue weighted by Gasteiger charge is -2.32. The summed E-state index contributed by atoms with van der Waals surface area (Å²) < 4.78 is 23.1. The second-order valence-corrected chi connectivity index (χ2v) is 8.72. The van der Waals surface area contributed by atoms with Gasteiger partial charge in [0.2, 0.25) is 0 Å². The standard InChI is InChI=1S/C15H31NO2S/c1-4-19(17,18)11-7-10-14-8-5-6-9-15(14)12-16-13(2)3/h13-16H,4-12H2,1-3H3. The normalized spacial score (nSPS) is 24.8. The van der Waals surface area contributed by atoms with Crippen LogP contribution in [0.25, 0.3) is 0 Å². The largest absolute Gasteiger partial charge is 0.314 e. The van der Waals surface area contributed by atoms with Crippen LogP contribution in [0.15, 0.2) is 0 Å². The van der Waals surface area contributed by atoms with Crippen molar-refractivity contribution in [3.05, 3.63) is 0 Å². The Kier molecular flexibility index (Phi) is 7.37. The molecule has 0 aromatic carbocycles. The van der Waals surface area contributed by atoms with Crippen molar-refractivity contribution in [3.8, 4) is 0 Å². The van der Waals surface area contributed by atoms with Crippen LogP contribution >= 0.6 is 0 Å². The summed E-state index contributed by atoms with van der Waals surface area (Å²) in [5, 5.41) is 3.54. The summed E-state index contributed by atoms with van der Waals surface area (Å²) >= 11 is 0. The number of hydrogen-bond acceptors (Lipinski definition) is 3. The Morgan fingerprint density at radius 1 is 1.16 bits per heavy atom. The van der Waals surface area contributed by atoms with E-state index >= 15 is 0 Å². The molecule has 0 amide bonds. The van der Waals surface area contributed by atoms with Gasteiger partial charge < -0.3 is 5.32 Å². The first kappa shape index (κ1) is 17.0. The predicted molar refractivity (Wildman–Crippen MR) is 82.1 cm³/mol. The topological polar surface area (TPSA) is 46.2 Å². The third-order valence-corrected chi connectivity index (χ3v) is 6.12. The minimum absolute atomic E-state index is 0.288. The van der Waals surface area contributed by atoms with Crippen molar-refractivity contribution in [2.45, 2.75) is 65.3 Å². The second-order valence-electron chi connectivity index (χ2n) is 6.25. The third kappa shape index (κ3) is 6.75. The summed E-state index contributed by atoms with van der Waals surface area (Å²) in [7, 11) is -2.78. The molecule has 1 aliphatic rings. The maximum Gasteiger partial charge on any atom is 0.150 e. The molecular formula is C15H31NO2S. The summed E-state index contributed by atoms with van der Waals surface area (Å²) in [6, 6.07) is 0.544. The van der Waals surface area contributed by atoms with Crippen LogP contribution in [0, 0.1) is 11.8 Å². The van der Waals surface area contributed by atoms with E-state index in [1.807, 2.05) is 0 Å². The Morgan fingerprint density at radius 2 is 1.79 bits per heavy atom. The van der Waals surface area contributed by atoms with Gasteiger partial charge >= 0.3 is 0 Å². The molecule has 1 fully saturated rings. The average Bonchev–Trinajstić information content (AvgIpc) is 2.37. The quantitative estimate of drug-likeness (QED) is 0.747. The highest BCUT2D eigenvalue weighted by Crippen LogP contribution is 2.33. The maximum atomic E-state index is 11.5. The molecular weight excluding hydrogens is 258 g/mol. The Labute approximate surface area is 119 Å². The van der Waals surface area contributed by atoms with E-state index < -0.39 is 9.84 Å². The average molecular weight is 289 g/mol. The molecule has 2 atom stereocenters. The van der Waals surface area contributed by atoms with Gasteiger partial charge in [-0.25, -0.2) is 8.42 Å². The maximum absolute atomic E-state index is 11.5. The van der Waals surface area contributed by atoms with Crippen LogP contribution in [-0.2, 0) is 9.84 Å². The van der Waals surface area contributed by atoms with E-state index in [4.69, 9.17) is 0 Å². The first-order chi connectivity index (χ1) is 8.94. The summed E-state index contributed by atoms with van der Waals surface area (Å²) in [4.78, 5) is 0. The Morgan fingerprint density at radius 3 is 2.37 bits per heavy atom. The van der Waals surface area contributed by atoms with Gasteiger partial charge in [-0.15, -0.1) is 0 Å². The van der Waals surface area contributed by atoms with Crippen LogP contribution in [0.5, 0.6) is 0 Å². The van der Waals surface area contributed by atoms with E-state index in [9.17, 15) is 8.42 Å². The molecule has 0 bridgehead atoms. The van der Waals surface area contributed by atoms with Crippen molar-refractivity contribution < 1.29 is 8.42 Å². The van der Waals surface area contributed by atoms with Crippen molar-refractivity contribution in [1.29, 1.82) is 0 Å².